The van der Waals surface area contributed by atoms with Gasteiger partial charge in [0.25, 0.3) is 0 Å². The molecule has 0 unspecified atom stereocenters. The third-order valence-corrected chi connectivity index (χ3v) is 5.59. The molecule has 0 amide bonds. The highest BCUT2D eigenvalue weighted by Gasteiger charge is 2.22. The molecule has 0 saturated carbocycles. The maximum absolute atomic E-state index is 4.94. The average Bonchev–Trinajstić information content (AvgIpc) is 2.66. The first-order valence-corrected chi connectivity index (χ1v) is 9.97. The van der Waals surface area contributed by atoms with Gasteiger partial charge in [0.1, 0.15) is 0 Å². The average molecular weight is 369 g/mol. The summed E-state index contributed by atoms with van der Waals surface area (Å²) in [7, 11) is 0. The van der Waals surface area contributed by atoms with Crippen molar-refractivity contribution in [2.45, 2.75) is 51.9 Å². The summed E-state index contributed by atoms with van der Waals surface area (Å²) in [6.45, 7) is 11.3. The zero-order chi connectivity index (χ0) is 19.9. The van der Waals surface area contributed by atoms with Crippen molar-refractivity contribution in [2.24, 2.45) is 0 Å². The molecule has 0 saturated heterocycles. The molecule has 28 heavy (non-hydrogen) atoms. The molecule has 2 heterocycles. The molecule has 0 radical (unpaired) electrons. The van der Waals surface area contributed by atoms with Crippen molar-refractivity contribution in [2.75, 3.05) is 0 Å². The van der Waals surface area contributed by atoms with Gasteiger partial charge in [-0.3, -0.25) is 9.97 Å². The van der Waals surface area contributed by atoms with Gasteiger partial charge in [0.2, 0.25) is 0 Å². The first kappa shape index (κ1) is 18.6. The van der Waals surface area contributed by atoms with E-state index in [1.807, 2.05) is 12.4 Å². The Kier molecular flexibility index (Phi) is 4.45. The molecule has 0 bridgehead atoms. The minimum atomic E-state index is 0.0345. The molecule has 2 heteroatoms. The van der Waals surface area contributed by atoms with E-state index in [0.29, 0.717) is 0 Å². The Hall–Kier alpha value is -2.74. The molecule has 0 N–H and O–H groups in total. The van der Waals surface area contributed by atoms with Crippen molar-refractivity contribution >= 4 is 21.7 Å². The van der Waals surface area contributed by atoms with Crippen LogP contribution in [0.1, 0.15) is 51.4 Å². The summed E-state index contributed by atoms with van der Waals surface area (Å²) in [4.78, 5) is 9.16. The van der Waals surface area contributed by atoms with E-state index in [9.17, 15) is 0 Å². The standard InChI is InChI=1S/C26H28N2/c1-25(2,3)24-11-9-19-7-6-18(14-23(19)28-24)16-26(4,5)22-10-8-21-17-27-13-12-20(21)15-22/h6-15,17H,16H2,1-5H3. The SMILES string of the molecule is CC(C)(C)c1ccc2ccc(CC(C)(C)c3ccc4cnccc4c3)cc2n1. The van der Waals surface area contributed by atoms with Crippen molar-refractivity contribution in [3.8, 4) is 0 Å². The van der Waals surface area contributed by atoms with Crippen LogP contribution in [-0.4, -0.2) is 9.97 Å². The maximum atomic E-state index is 4.94. The second-order valence-electron chi connectivity index (χ2n) is 9.47. The number of benzene rings is 2. The van der Waals surface area contributed by atoms with Crippen molar-refractivity contribution in [3.63, 3.8) is 0 Å². The maximum Gasteiger partial charge on any atom is 0.0708 e. The van der Waals surface area contributed by atoms with Gasteiger partial charge in [-0.25, -0.2) is 0 Å². The van der Waals surface area contributed by atoms with Crippen molar-refractivity contribution in [3.05, 3.63) is 83.8 Å². The molecule has 0 aliphatic rings. The lowest BCUT2D eigenvalue weighted by Crippen LogP contribution is -2.20. The van der Waals surface area contributed by atoms with E-state index in [1.165, 1.54) is 27.3 Å². The molecule has 4 aromatic rings. The van der Waals surface area contributed by atoms with Crippen LogP contribution < -0.4 is 0 Å². The summed E-state index contributed by atoms with van der Waals surface area (Å²) in [5, 5.41) is 3.63. The van der Waals surface area contributed by atoms with Crippen molar-refractivity contribution < 1.29 is 0 Å². The number of rotatable bonds is 3. The quantitative estimate of drug-likeness (QED) is 0.407. The fraction of sp³-hybridized carbons (Fsp3) is 0.308. The lowest BCUT2D eigenvalue weighted by atomic mass is 9.78. The normalized spacial score (nSPS) is 12.6. The van der Waals surface area contributed by atoms with Crippen LogP contribution in [-0.2, 0) is 17.3 Å². The number of pyridine rings is 2. The minimum Gasteiger partial charge on any atom is -0.264 e. The minimum absolute atomic E-state index is 0.0345. The molecule has 0 atom stereocenters. The van der Waals surface area contributed by atoms with Crippen LogP contribution in [0.25, 0.3) is 21.7 Å². The highest BCUT2D eigenvalue weighted by Crippen LogP contribution is 2.31. The van der Waals surface area contributed by atoms with Crippen molar-refractivity contribution in [1.82, 2.24) is 9.97 Å². The molecule has 0 aliphatic carbocycles. The fourth-order valence-electron chi connectivity index (χ4n) is 3.81. The summed E-state index contributed by atoms with van der Waals surface area (Å²) in [5.41, 5.74) is 4.99. The Morgan fingerprint density at radius 1 is 0.750 bits per heavy atom. The van der Waals surface area contributed by atoms with Crippen LogP contribution in [0.3, 0.4) is 0 Å². The van der Waals surface area contributed by atoms with E-state index in [1.54, 1.807) is 0 Å². The fourth-order valence-corrected chi connectivity index (χ4v) is 3.81. The summed E-state index contributed by atoms with van der Waals surface area (Å²) < 4.78 is 0. The predicted octanol–water partition coefficient (Wildman–Crippen LogP) is 6.60. The van der Waals surface area contributed by atoms with E-state index in [-0.39, 0.29) is 10.8 Å². The smallest absolute Gasteiger partial charge is 0.0708 e. The van der Waals surface area contributed by atoms with Gasteiger partial charge in [-0.05, 0) is 46.5 Å². The second-order valence-corrected chi connectivity index (χ2v) is 9.47. The van der Waals surface area contributed by atoms with Gasteiger partial charge in [-0.1, -0.05) is 71.0 Å². The molecular formula is C26H28N2. The molecule has 4 rings (SSSR count). The number of hydrogen-bond donors (Lipinski definition) is 0. The van der Waals surface area contributed by atoms with E-state index >= 15 is 0 Å². The van der Waals surface area contributed by atoms with E-state index in [4.69, 9.17) is 4.98 Å². The first-order chi connectivity index (χ1) is 13.2. The lowest BCUT2D eigenvalue weighted by molar-refractivity contribution is 0.523. The summed E-state index contributed by atoms with van der Waals surface area (Å²) in [6.07, 6.45) is 4.76. The van der Waals surface area contributed by atoms with Gasteiger partial charge in [0.05, 0.1) is 5.52 Å². The number of nitrogens with zero attached hydrogens (tertiary/aromatic N) is 2. The number of hydrogen-bond acceptors (Lipinski definition) is 2. The predicted molar refractivity (Wildman–Crippen MR) is 119 cm³/mol. The number of aromatic nitrogens is 2. The molecule has 0 aliphatic heterocycles. The van der Waals surface area contributed by atoms with Gasteiger partial charge in [0.15, 0.2) is 0 Å². The van der Waals surface area contributed by atoms with Crippen LogP contribution in [0.15, 0.2) is 67.0 Å². The van der Waals surface area contributed by atoms with Gasteiger partial charge in [-0.15, -0.1) is 0 Å². The van der Waals surface area contributed by atoms with Crippen LogP contribution in [0, 0.1) is 0 Å². The Bertz CT molecular complexity index is 1150. The summed E-state index contributed by atoms with van der Waals surface area (Å²) >= 11 is 0. The van der Waals surface area contributed by atoms with E-state index in [0.717, 1.165) is 17.6 Å². The van der Waals surface area contributed by atoms with E-state index in [2.05, 4.69) is 94.2 Å². The Morgan fingerprint density at radius 3 is 2.29 bits per heavy atom. The Morgan fingerprint density at radius 2 is 1.50 bits per heavy atom. The third-order valence-electron chi connectivity index (χ3n) is 5.59. The Balaban J connectivity index is 1.68. The summed E-state index contributed by atoms with van der Waals surface area (Å²) in [6, 6.07) is 19.8. The molecule has 2 aromatic carbocycles. The third kappa shape index (κ3) is 3.64. The Labute approximate surface area is 167 Å². The molecule has 2 aromatic heterocycles. The van der Waals surface area contributed by atoms with Gasteiger partial charge in [-0.2, -0.15) is 0 Å². The zero-order valence-corrected chi connectivity index (χ0v) is 17.5. The van der Waals surface area contributed by atoms with Crippen LogP contribution >= 0.6 is 0 Å². The topological polar surface area (TPSA) is 25.8 Å². The van der Waals surface area contributed by atoms with Crippen molar-refractivity contribution in [1.29, 1.82) is 0 Å². The van der Waals surface area contributed by atoms with Crippen LogP contribution in [0.5, 0.6) is 0 Å². The lowest BCUT2D eigenvalue weighted by Gasteiger charge is -2.26. The molecule has 142 valence electrons. The monoisotopic (exact) mass is 368 g/mol. The van der Waals surface area contributed by atoms with Gasteiger partial charge < -0.3 is 0 Å². The first-order valence-electron chi connectivity index (χ1n) is 9.97. The zero-order valence-electron chi connectivity index (χ0n) is 17.5. The summed E-state index contributed by atoms with van der Waals surface area (Å²) in [5.74, 6) is 0. The molecular weight excluding hydrogens is 340 g/mol. The molecule has 0 fully saturated rings. The van der Waals surface area contributed by atoms with Gasteiger partial charge >= 0.3 is 0 Å². The van der Waals surface area contributed by atoms with Gasteiger partial charge in [0, 0.05) is 34.3 Å². The van der Waals surface area contributed by atoms with Crippen LogP contribution in [0.2, 0.25) is 0 Å². The molecule has 2 nitrogen and oxygen atoms in total. The second kappa shape index (κ2) is 6.70. The number of fused-ring (bicyclic) bond motifs is 2. The molecule has 0 spiro atoms. The van der Waals surface area contributed by atoms with Crippen LogP contribution in [0.4, 0.5) is 0 Å². The largest absolute Gasteiger partial charge is 0.264 e. The van der Waals surface area contributed by atoms with E-state index < -0.39 is 0 Å². The highest BCUT2D eigenvalue weighted by molar-refractivity contribution is 5.82. The highest BCUT2D eigenvalue weighted by atomic mass is 14.7.